The number of esters is 2. The third-order valence-corrected chi connectivity index (χ3v) is 2.95. The lowest BCUT2D eigenvalue weighted by Gasteiger charge is -2.09. The van der Waals surface area contributed by atoms with Gasteiger partial charge in [-0.3, -0.25) is 4.79 Å². The van der Waals surface area contributed by atoms with Crippen LogP contribution in [0.25, 0.3) is 10.9 Å². The molecule has 0 fully saturated rings. The highest BCUT2D eigenvalue weighted by molar-refractivity contribution is 5.90. The summed E-state index contributed by atoms with van der Waals surface area (Å²) >= 11 is 0. The maximum Gasteiger partial charge on any atom is 0.330 e. The Bertz CT molecular complexity index is 621. The molecule has 106 valence electrons. The van der Waals surface area contributed by atoms with Gasteiger partial charge in [0.05, 0.1) is 6.54 Å². The molecule has 0 saturated heterocycles. The van der Waals surface area contributed by atoms with E-state index in [-0.39, 0.29) is 6.54 Å². The highest BCUT2D eigenvalue weighted by atomic mass is 16.6. The van der Waals surface area contributed by atoms with E-state index in [0.29, 0.717) is 6.42 Å². The van der Waals surface area contributed by atoms with E-state index in [9.17, 15) is 9.59 Å². The summed E-state index contributed by atoms with van der Waals surface area (Å²) in [6, 6.07) is 6.87. The van der Waals surface area contributed by atoms with E-state index in [1.54, 1.807) is 7.05 Å². The van der Waals surface area contributed by atoms with Gasteiger partial charge in [0.2, 0.25) is 0 Å². The maximum absolute atomic E-state index is 11.7. The number of benzene rings is 1. The molecule has 0 saturated carbocycles. The predicted molar refractivity (Wildman–Crippen MR) is 75.0 cm³/mol. The summed E-state index contributed by atoms with van der Waals surface area (Å²) < 4.78 is 4.64. The minimum absolute atomic E-state index is 0.0223. The van der Waals surface area contributed by atoms with Crippen LogP contribution in [0.15, 0.2) is 30.5 Å². The standard InChI is InChI=1S/C14H17N3O3/c1-16-8-13(18)20-14(19)11(15)6-9-7-17-12-5-3-2-4-10(9)12/h2-5,7,11,16-17H,6,8,15H2,1H3/t11-/m0/s1. The molecule has 0 radical (unpaired) electrons. The monoisotopic (exact) mass is 275 g/mol. The van der Waals surface area contributed by atoms with Crippen LogP contribution < -0.4 is 11.1 Å². The van der Waals surface area contributed by atoms with Gasteiger partial charge in [-0.05, 0) is 18.7 Å². The Morgan fingerprint density at radius 1 is 1.40 bits per heavy atom. The van der Waals surface area contributed by atoms with Gasteiger partial charge in [0.15, 0.2) is 0 Å². The van der Waals surface area contributed by atoms with Gasteiger partial charge in [0.1, 0.15) is 6.04 Å². The molecule has 0 aliphatic heterocycles. The SMILES string of the molecule is CNCC(=O)OC(=O)[C@@H](N)Cc1c[nH]c2ccccc12. The molecule has 4 N–H and O–H groups in total. The summed E-state index contributed by atoms with van der Waals surface area (Å²) in [6.45, 7) is -0.0223. The molecule has 0 aliphatic carbocycles. The highest BCUT2D eigenvalue weighted by Gasteiger charge is 2.20. The number of rotatable bonds is 5. The van der Waals surface area contributed by atoms with Gasteiger partial charge in [-0.2, -0.15) is 0 Å². The second kappa shape index (κ2) is 6.31. The third-order valence-electron chi connectivity index (χ3n) is 2.95. The average Bonchev–Trinajstić information content (AvgIpc) is 2.82. The van der Waals surface area contributed by atoms with Gasteiger partial charge in [-0.25, -0.2) is 4.79 Å². The number of nitrogens with one attached hydrogen (secondary N) is 2. The zero-order valence-corrected chi connectivity index (χ0v) is 11.2. The van der Waals surface area contributed by atoms with Crippen molar-refractivity contribution in [1.29, 1.82) is 0 Å². The Kier molecular flexibility index (Phi) is 4.49. The van der Waals surface area contributed by atoms with E-state index in [4.69, 9.17) is 5.73 Å². The van der Waals surface area contributed by atoms with Crippen molar-refractivity contribution in [2.24, 2.45) is 5.73 Å². The van der Waals surface area contributed by atoms with Crippen LogP contribution in [0.1, 0.15) is 5.56 Å². The second-order valence-electron chi connectivity index (χ2n) is 4.49. The number of nitrogens with two attached hydrogens (primary N) is 1. The van der Waals surface area contributed by atoms with Crippen LogP contribution in [0.5, 0.6) is 0 Å². The van der Waals surface area contributed by atoms with E-state index >= 15 is 0 Å². The van der Waals surface area contributed by atoms with Gasteiger partial charge >= 0.3 is 11.9 Å². The summed E-state index contributed by atoms with van der Waals surface area (Å²) in [5, 5.41) is 3.62. The van der Waals surface area contributed by atoms with Crippen molar-refractivity contribution >= 4 is 22.8 Å². The molecule has 6 heteroatoms. The zero-order chi connectivity index (χ0) is 14.5. The van der Waals surface area contributed by atoms with Crippen molar-refractivity contribution in [3.8, 4) is 0 Å². The van der Waals surface area contributed by atoms with Crippen LogP contribution in [-0.2, 0) is 20.7 Å². The number of aromatic nitrogens is 1. The number of ether oxygens (including phenoxy) is 1. The Hall–Kier alpha value is -2.18. The molecule has 20 heavy (non-hydrogen) atoms. The van der Waals surface area contributed by atoms with E-state index in [2.05, 4.69) is 15.0 Å². The van der Waals surface area contributed by atoms with Gasteiger partial charge in [0, 0.05) is 23.5 Å². The summed E-state index contributed by atoms with van der Waals surface area (Å²) in [7, 11) is 1.59. The van der Waals surface area contributed by atoms with E-state index < -0.39 is 18.0 Å². The fourth-order valence-corrected chi connectivity index (χ4v) is 1.99. The molecule has 1 aromatic carbocycles. The molecule has 0 amide bonds. The molecular formula is C14H17N3O3. The predicted octanol–water partition coefficient (Wildman–Crippen LogP) is 0.327. The highest BCUT2D eigenvalue weighted by Crippen LogP contribution is 2.18. The summed E-state index contributed by atoms with van der Waals surface area (Å²) in [5.74, 6) is -1.34. The third kappa shape index (κ3) is 3.23. The fraction of sp³-hybridized carbons (Fsp3) is 0.286. The first-order valence-electron chi connectivity index (χ1n) is 6.31. The number of hydrogen-bond donors (Lipinski definition) is 3. The summed E-state index contributed by atoms with van der Waals surface area (Å²) in [5.41, 5.74) is 7.69. The molecule has 1 aromatic heterocycles. The number of carbonyl (C=O) groups is 2. The molecular weight excluding hydrogens is 258 g/mol. The number of hydrogen-bond acceptors (Lipinski definition) is 5. The van der Waals surface area contributed by atoms with Gasteiger partial charge < -0.3 is 20.8 Å². The Morgan fingerprint density at radius 3 is 2.90 bits per heavy atom. The van der Waals surface area contributed by atoms with Crippen LogP contribution >= 0.6 is 0 Å². The minimum atomic E-state index is -0.866. The second-order valence-corrected chi connectivity index (χ2v) is 4.49. The van der Waals surface area contributed by atoms with E-state index in [1.165, 1.54) is 0 Å². The molecule has 6 nitrogen and oxygen atoms in total. The first kappa shape index (κ1) is 14.2. The summed E-state index contributed by atoms with van der Waals surface area (Å²) in [6.07, 6.45) is 2.13. The maximum atomic E-state index is 11.7. The molecule has 0 unspecified atom stereocenters. The van der Waals surface area contributed by atoms with Crippen molar-refractivity contribution in [2.75, 3.05) is 13.6 Å². The van der Waals surface area contributed by atoms with Gasteiger partial charge in [-0.15, -0.1) is 0 Å². The van der Waals surface area contributed by atoms with Gasteiger partial charge in [-0.1, -0.05) is 18.2 Å². The van der Waals surface area contributed by atoms with Crippen molar-refractivity contribution < 1.29 is 14.3 Å². The number of H-pyrrole nitrogens is 1. The number of carbonyl (C=O) groups excluding carboxylic acids is 2. The topological polar surface area (TPSA) is 97.2 Å². The van der Waals surface area contributed by atoms with Crippen molar-refractivity contribution in [3.63, 3.8) is 0 Å². The normalized spacial score (nSPS) is 12.3. The van der Waals surface area contributed by atoms with Gasteiger partial charge in [0.25, 0.3) is 0 Å². The molecule has 0 bridgehead atoms. The molecule has 0 aliphatic rings. The zero-order valence-electron chi connectivity index (χ0n) is 11.2. The van der Waals surface area contributed by atoms with Crippen molar-refractivity contribution in [3.05, 3.63) is 36.0 Å². The molecule has 2 rings (SSSR count). The number of aromatic amines is 1. The minimum Gasteiger partial charge on any atom is -0.391 e. The summed E-state index contributed by atoms with van der Waals surface area (Å²) in [4.78, 5) is 26.0. The molecule has 0 spiro atoms. The van der Waals surface area contributed by atoms with Crippen LogP contribution in [0.2, 0.25) is 0 Å². The first-order chi connectivity index (χ1) is 9.61. The Morgan fingerprint density at radius 2 is 2.15 bits per heavy atom. The van der Waals surface area contributed by atoms with Crippen molar-refractivity contribution in [1.82, 2.24) is 10.3 Å². The van der Waals surface area contributed by atoms with Crippen LogP contribution in [-0.4, -0.2) is 36.6 Å². The van der Waals surface area contributed by atoms with Crippen molar-refractivity contribution in [2.45, 2.75) is 12.5 Å². The Balaban J connectivity index is 2.02. The lowest BCUT2D eigenvalue weighted by molar-refractivity contribution is -0.159. The largest absolute Gasteiger partial charge is 0.391 e. The van der Waals surface area contributed by atoms with Crippen LogP contribution in [0, 0.1) is 0 Å². The molecule has 2 aromatic rings. The quantitative estimate of drug-likeness (QED) is 0.539. The fourth-order valence-electron chi connectivity index (χ4n) is 1.99. The van der Waals surface area contributed by atoms with Crippen LogP contribution in [0.3, 0.4) is 0 Å². The number of likely N-dealkylation sites (N-methyl/N-ethyl adjacent to an activating group) is 1. The Labute approximate surface area is 116 Å². The van der Waals surface area contributed by atoms with Crippen LogP contribution in [0.4, 0.5) is 0 Å². The lowest BCUT2D eigenvalue weighted by Crippen LogP contribution is -2.37. The molecule has 1 heterocycles. The van der Waals surface area contributed by atoms with E-state index in [1.807, 2.05) is 30.5 Å². The smallest absolute Gasteiger partial charge is 0.330 e. The average molecular weight is 275 g/mol. The first-order valence-corrected chi connectivity index (χ1v) is 6.31. The lowest BCUT2D eigenvalue weighted by atomic mass is 10.1. The molecule has 1 atom stereocenters. The number of para-hydroxylation sites is 1. The van der Waals surface area contributed by atoms with E-state index in [0.717, 1.165) is 16.5 Å². The number of fused-ring (bicyclic) bond motifs is 1.